The Morgan fingerprint density at radius 2 is 1.81 bits per heavy atom. The maximum Gasteiger partial charge on any atom is 0.258 e. The van der Waals surface area contributed by atoms with Crippen LogP contribution in [0.25, 0.3) is 0 Å². The summed E-state index contributed by atoms with van der Waals surface area (Å²) in [5, 5.41) is 2.96. The fraction of sp³-hybridized carbons (Fsp3) is 0.381. The first-order valence-corrected chi connectivity index (χ1v) is 8.95. The van der Waals surface area contributed by atoms with Crippen LogP contribution in [0.15, 0.2) is 42.5 Å². The molecule has 0 spiro atoms. The summed E-state index contributed by atoms with van der Waals surface area (Å²) in [6.07, 6.45) is 0. The van der Waals surface area contributed by atoms with Gasteiger partial charge in [-0.3, -0.25) is 4.79 Å². The van der Waals surface area contributed by atoms with Gasteiger partial charge in [0.15, 0.2) is 18.1 Å². The highest BCUT2D eigenvalue weighted by Gasteiger charge is 2.16. The first-order valence-electron chi connectivity index (χ1n) is 8.95. The Morgan fingerprint density at radius 1 is 1.08 bits per heavy atom. The van der Waals surface area contributed by atoms with E-state index < -0.39 is 0 Å². The normalized spacial score (nSPS) is 14.0. The third-order valence-electron chi connectivity index (χ3n) is 4.34. The monoisotopic (exact) mass is 355 g/mol. The van der Waals surface area contributed by atoms with E-state index in [1.807, 2.05) is 49.4 Å². The molecule has 0 aliphatic carbocycles. The summed E-state index contributed by atoms with van der Waals surface area (Å²) in [6.45, 7) is 7.23. The molecule has 0 unspecified atom stereocenters. The predicted octanol–water partition coefficient (Wildman–Crippen LogP) is 3.84. The van der Waals surface area contributed by atoms with Crippen LogP contribution >= 0.6 is 0 Å². The number of carbonyl (C=O) groups excluding carboxylic acids is 1. The molecule has 1 heterocycles. The molecule has 26 heavy (non-hydrogen) atoms. The number of rotatable bonds is 6. The molecule has 0 saturated heterocycles. The molecular formula is C21H25NO4. The second-order valence-electron chi connectivity index (χ2n) is 6.67. The molecule has 3 rings (SSSR count). The van der Waals surface area contributed by atoms with E-state index in [0.717, 1.165) is 28.4 Å². The summed E-state index contributed by atoms with van der Waals surface area (Å²) >= 11 is 0. The van der Waals surface area contributed by atoms with Crippen LogP contribution in [0.2, 0.25) is 0 Å². The smallest absolute Gasteiger partial charge is 0.258 e. The van der Waals surface area contributed by atoms with Gasteiger partial charge in [-0.25, -0.2) is 0 Å². The van der Waals surface area contributed by atoms with Gasteiger partial charge in [-0.1, -0.05) is 38.1 Å². The van der Waals surface area contributed by atoms with Crippen LogP contribution in [0.5, 0.6) is 17.2 Å². The highest BCUT2D eigenvalue weighted by Crippen LogP contribution is 2.32. The SMILES string of the molecule is CC(C)c1ccccc1OCC(=O)N[C@@H](C)c1ccc2c(c1)OCCO2. The zero-order valence-electron chi connectivity index (χ0n) is 15.5. The van der Waals surface area contributed by atoms with Gasteiger partial charge >= 0.3 is 0 Å². The van der Waals surface area contributed by atoms with Crippen LogP contribution in [0, 0.1) is 0 Å². The van der Waals surface area contributed by atoms with E-state index in [2.05, 4.69) is 19.2 Å². The topological polar surface area (TPSA) is 56.8 Å². The fourth-order valence-electron chi connectivity index (χ4n) is 2.93. The molecule has 1 N–H and O–H groups in total. The fourth-order valence-corrected chi connectivity index (χ4v) is 2.93. The molecule has 1 aliphatic rings. The minimum Gasteiger partial charge on any atom is -0.486 e. The first kappa shape index (κ1) is 18.1. The number of benzene rings is 2. The Kier molecular flexibility index (Phi) is 5.66. The molecule has 0 bridgehead atoms. The van der Waals surface area contributed by atoms with Gasteiger partial charge in [0, 0.05) is 0 Å². The van der Waals surface area contributed by atoms with E-state index in [-0.39, 0.29) is 18.6 Å². The Balaban J connectivity index is 1.58. The number of carbonyl (C=O) groups is 1. The van der Waals surface area contributed by atoms with Crippen LogP contribution in [0.4, 0.5) is 0 Å². The maximum atomic E-state index is 12.3. The summed E-state index contributed by atoms with van der Waals surface area (Å²) < 4.78 is 16.9. The number of hydrogen-bond donors (Lipinski definition) is 1. The van der Waals surface area contributed by atoms with E-state index in [9.17, 15) is 4.79 Å². The lowest BCUT2D eigenvalue weighted by molar-refractivity contribution is -0.123. The van der Waals surface area contributed by atoms with Gasteiger partial charge in [-0.2, -0.15) is 0 Å². The molecule has 138 valence electrons. The van der Waals surface area contributed by atoms with Crippen LogP contribution in [0.1, 0.15) is 43.9 Å². The van der Waals surface area contributed by atoms with Crippen LogP contribution in [0.3, 0.4) is 0 Å². The molecule has 0 fully saturated rings. The van der Waals surface area contributed by atoms with Crippen molar-refractivity contribution in [2.75, 3.05) is 19.8 Å². The van der Waals surface area contributed by atoms with Crippen molar-refractivity contribution in [1.82, 2.24) is 5.32 Å². The molecule has 1 atom stereocenters. The van der Waals surface area contributed by atoms with Gasteiger partial charge in [-0.15, -0.1) is 0 Å². The van der Waals surface area contributed by atoms with Gasteiger partial charge in [0.25, 0.3) is 5.91 Å². The van der Waals surface area contributed by atoms with Crippen molar-refractivity contribution in [3.05, 3.63) is 53.6 Å². The average Bonchev–Trinajstić information content (AvgIpc) is 2.66. The molecule has 5 heteroatoms. The Bertz CT molecular complexity index is 772. The van der Waals surface area contributed by atoms with Gasteiger partial charge in [-0.05, 0) is 42.2 Å². The van der Waals surface area contributed by atoms with Gasteiger partial charge in [0.05, 0.1) is 6.04 Å². The van der Waals surface area contributed by atoms with Crippen molar-refractivity contribution in [2.24, 2.45) is 0 Å². The summed E-state index contributed by atoms with van der Waals surface area (Å²) in [6, 6.07) is 13.4. The second-order valence-corrected chi connectivity index (χ2v) is 6.67. The molecule has 0 radical (unpaired) electrons. The molecule has 0 aromatic heterocycles. The number of fused-ring (bicyclic) bond motifs is 1. The van der Waals surface area contributed by atoms with Gasteiger partial charge < -0.3 is 19.5 Å². The maximum absolute atomic E-state index is 12.3. The second kappa shape index (κ2) is 8.13. The largest absolute Gasteiger partial charge is 0.486 e. The lowest BCUT2D eigenvalue weighted by Crippen LogP contribution is -2.31. The number of amides is 1. The molecule has 0 saturated carbocycles. The average molecular weight is 355 g/mol. The Labute approximate surface area is 154 Å². The van der Waals surface area contributed by atoms with Crippen molar-refractivity contribution in [3.8, 4) is 17.2 Å². The van der Waals surface area contributed by atoms with E-state index in [1.54, 1.807) is 0 Å². The third kappa shape index (κ3) is 4.28. The van der Waals surface area contributed by atoms with Crippen molar-refractivity contribution in [3.63, 3.8) is 0 Å². The summed E-state index contributed by atoms with van der Waals surface area (Å²) in [5.41, 5.74) is 2.06. The molecule has 1 aliphatic heterocycles. The summed E-state index contributed by atoms with van der Waals surface area (Å²) in [7, 11) is 0. The lowest BCUT2D eigenvalue weighted by atomic mass is 10.0. The van der Waals surface area contributed by atoms with Crippen LogP contribution in [-0.4, -0.2) is 25.7 Å². The zero-order chi connectivity index (χ0) is 18.5. The summed E-state index contributed by atoms with van der Waals surface area (Å²) in [4.78, 5) is 12.3. The first-order chi connectivity index (χ1) is 12.5. The van der Waals surface area contributed by atoms with E-state index >= 15 is 0 Å². The minimum absolute atomic E-state index is 0.0153. The van der Waals surface area contributed by atoms with Crippen LogP contribution in [-0.2, 0) is 4.79 Å². The highest BCUT2D eigenvalue weighted by molar-refractivity contribution is 5.78. The number of ether oxygens (including phenoxy) is 3. The Hall–Kier alpha value is -2.69. The van der Waals surface area contributed by atoms with Crippen LogP contribution < -0.4 is 19.5 Å². The van der Waals surface area contributed by atoms with E-state index in [4.69, 9.17) is 14.2 Å². The summed E-state index contributed by atoms with van der Waals surface area (Å²) in [5.74, 6) is 2.39. The molecule has 5 nitrogen and oxygen atoms in total. The lowest BCUT2D eigenvalue weighted by Gasteiger charge is -2.21. The van der Waals surface area contributed by atoms with E-state index in [1.165, 1.54) is 0 Å². The highest BCUT2D eigenvalue weighted by atomic mass is 16.6. The van der Waals surface area contributed by atoms with Crippen molar-refractivity contribution >= 4 is 5.91 Å². The van der Waals surface area contributed by atoms with E-state index in [0.29, 0.717) is 19.1 Å². The van der Waals surface area contributed by atoms with Crippen molar-refractivity contribution < 1.29 is 19.0 Å². The number of hydrogen-bond acceptors (Lipinski definition) is 4. The molecule has 2 aromatic rings. The molecule has 1 amide bonds. The standard InChI is InChI=1S/C21H25NO4/c1-14(2)17-6-4-5-7-18(17)26-13-21(23)22-15(3)16-8-9-19-20(12-16)25-11-10-24-19/h4-9,12,14-15H,10-11,13H2,1-3H3,(H,22,23)/t15-/m0/s1. The quantitative estimate of drug-likeness (QED) is 0.855. The number of para-hydroxylation sites is 1. The van der Waals surface area contributed by atoms with Gasteiger partial charge in [0.1, 0.15) is 19.0 Å². The zero-order valence-corrected chi connectivity index (χ0v) is 15.5. The minimum atomic E-state index is -0.161. The third-order valence-corrected chi connectivity index (χ3v) is 4.34. The van der Waals surface area contributed by atoms with Crippen molar-refractivity contribution in [2.45, 2.75) is 32.7 Å². The molecule has 2 aromatic carbocycles. The predicted molar refractivity (Wildman–Crippen MR) is 100 cm³/mol. The molecular weight excluding hydrogens is 330 g/mol. The van der Waals surface area contributed by atoms with Crippen molar-refractivity contribution in [1.29, 1.82) is 0 Å². The number of nitrogens with one attached hydrogen (secondary N) is 1. The van der Waals surface area contributed by atoms with Gasteiger partial charge in [0.2, 0.25) is 0 Å². The Morgan fingerprint density at radius 3 is 2.58 bits per heavy atom.